The standard InChI is InChI=1S/C15H23N3O.2ClH/c16-7-6-15(19)17-11-13-4-3-5-14(10-13)12-18-8-1-2-9-18;;/h3-5,10H,1-2,6-9,11-12,16H2,(H,17,19);2*1H. The Morgan fingerprint density at radius 2 is 1.86 bits per heavy atom. The molecule has 0 atom stereocenters. The molecular weight excluding hydrogens is 309 g/mol. The van der Waals surface area contributed by atoms with Crippen molar-refractivity contribution in [3.8, 4) is 0 Å². The zero-order valence-corrected chi connectivity index (χ0v) is 13.8. The van der Waals surface area contributed by atoms with E-state index >= 15 is 0 Å². The molecule has 1 heterocycles. The van der Waals surface area contributed by atoms with E-state index in [1.165, 1.54) is 31.5 Å². The van der Waals surface area contributed by atoms with E-state index in [1.54, 1.807) is 0 Å². The molecule has 0 spiro atoms. The number of halogens is 2. The molecule has 120 valence electrons. The summed E-state index contributed by atoms with van der Waals surface area (Å²) in [5.74, 6) is 0.0208. The van der Waals surface area contributed by atoms with Crippen LogP contribution in [0.4, 0.5) is 0 Å². The summed E-state index contributed by atoms with van der Waals surface area (Å²) < 4.78 is 0. The molecule has 6 heteroatoms. The van der Waals surface area contributed by atoms with Crippen LogP contribution in [-0.4, -0.2) is 30.4 Å². The highest BCUT2D eigenvalue weighted by Crippen LogP contribution is 2.13. The minimum atomic E-state index is 0. The van der Waals surface area contributed by atoms with Crippen LogP contribution < -0.4 is 11.1 Å². The number of likely N-dealkylation sites (tertiary alicyclic amines) is 1. The van der Waals surface area contributed by atoms with E-state index in [1.807, 2.05) is 0 Å². The van der Waals surface area contributed by atoms with Crippen molar-refractivity contribution >= 4 is 30.7 Å². The molecule has 0 saturated carbocycles. The fourth-order valence-corrected chi connectivity index (χ4v) is 2.46. The molecule has 0 unspecified atom stereocenters. The fourth-order valence-electron chi connectivity index (χ4n) is 2.46. The topological polar surface area (TPSA) is 58.4 Å². The number of nitrogens with zero attached hydrogens (tertiary/aromatic N) is 1. The zero-order valence-electron chi connectivity index (χ0n) is 12.2. The van der Waals surface area contributed by atoms with Gasteiger partial charge in [0.05, 0.1) is 0 Å². The summed E-state index contributed by atoms with van der Waals surface area (Å²) in [6.07, 6.45) is 3.02. The van der Waals surface area contributed by atoms with Gasteiger partial charge in [-0.2, -0.15) is 0 Å². The average molecular weight is 334 g/mol. The van der Waals surface area contributed by atoms with E-state index in [2.05, 4.69) is 34.5 Å². The maximum Gasteiger partial charge on any atom is 0.221 e. The SMILES string of the molecule is Cl.Cl.NCCC(=O)NCc1cccc(CN2CCCC2)c1. The van der Waals surface area contributed by atoms with E-state index in [4.69, 9.17) is 5.73 Å². The Balaban J connectivity index is 0.00000200. The van der Waals surface area contributed by atoms with Gasteiger partial charge in [-0.05, 0) is 37.1 Å². The van der Waals surface area contributed by atoms with Gasteiger partial charge in [0, 0.05) is 26.1 Å². The summed E-state index contributed by atoms with van der Waals surface area (Å²) in [4.78, 5) is 13.9. The van der Waals surface area contributed by atoms with Crippen molar-refractivity contribution in [2.45, 2.75) is 32.4 Å². The maximum absolute atomic E-state index is 11.4. The van der Waals surface area contributed by atoms with E-state index < -0.39 is 0 Å². The largest absolute Gasteiger partial charge is 0.352 e. The van der Waals surface area contributed by atoms with Crippen LogP contribution in [0.1, 0.15) is 30.4 Å². The van der Waals surface area contributed by atoms with Crippen molar-refractivity contribution in [1.82, 2.24) is 10.2 Å². The van der Waals surface area contributed by atoms with Crippen LogP contribution in [0.2, 0.25) is 0 Å². The molecule has 2 rings (SSSR count). The molecule has 0 aliphatic carbocycles. The van der Waals surface area contributed by atoms with Crippen LogP contribution in [0.3, 0.4) is 0 Å². The average Bonchev–Trinajstić information content (AvgIpc) is 2.90. The number of hydrogen-bond acceptors (Lipinski definition) is 3. The molecule has 1 aromatic rings. The van der Waals surface area contributed by atoms with Crippen molar-refractivity contribution in [3.05, 3.63) is 35.4 Å². The Labute approximate surface area is 139 Å². The summed E-state index contributed by atoms with van der Waals surface area (Å²) in [6, 6.07) is 8.45. The van der Waals surface area contributed by atoms with Gasteiger partial charge in [-0.1, -0.05) is 24.3 Å². The van der Waals surface area contributed by atoms with Gasteiger partial charge in [0.1, 0.15) is 0 Å². The van der Waals surface area contributed by atoms with Gasteiger partial charge < -0.3 is 11.1 Å². The van der Waals surface area contributed by atoms with Crippen molar-refractivity contribution in [3.63, 3.8) is 0 Å². The van der Waals surface area contributed by atoms with E-state index in [9.17, 15) is 4.79 Å². The van der Waals surface area contributed by atoms with Crippen molar-refractivity contribution in [1.29, 1.82) is 0 Å². The lowest BCUT2D eigenvalue weighted by molar-refractivity contribution is -0.121. The van der Waals surface area contributed by atoms with Crippen LogP contribution in [0.5, 0.6) is 0 Å². The Kier molecular flexibility index (Phi) is 10.4. The lowest BCUT2D eigenvalue weighted by atomic mass is 10.1. The van der Waals surface area contributed by atoms with Gasteiger partial charge in [0.25, 0.3) is 0 Å². The van der Waals surface area contributed by atoms with Crippen molar-refractivity contribution < 1.29 is 4.79 Å². The van der Waals surface area contributed by atoms with E-state index in [0.717, 1.165) is 12.1 Å². The minimum Gasteiger partial charge on any atom is -0.352 e. The minimum absolute atomic E-state index is 0. The summed E-state index contributed by atoms with van der Waals surface area (Å²) in [6.45, 7) is 4.42. The Hall–Kier alpha value is -0.810. The first-order valence-corrected chi connectivity index (χ1v) is 7.05. The predicted molar refractivity (Wildman–Crippen MR) is 91.0 cm³/mol. The van der Waals surface area contributed by atoms with Crippen LogP contribution in [0, 0.1) is 0 Å². The molecule has 1 fully saturated rings. The number of amides is 1. The molecular formula is C15H25Cl2N3O. The summed E-state index contributed by atoms with van der Waals surface area (Å²) in [7, 11) is 0. The number of carbonyl (C=O) groups excluding carboxylic acids is 1. The highest BCUT2D eigenvalue weighted by Gasteiger charge is 2.11. The van der Waals surface area contributed by atoms with E-state index in [-0.39, 0.29) is 30.7 Å². The highest BCUT2D eigenvalue weighted by molar-refractivity contribution is 5.85. The van der Waals surface area contributed by atoms with Gasteiger partial charge >= 0.3 is 0 Å². The molecule has 1 aliphatic heterocycles. The number of hydrogen-bond donors (Lipinski definition) is 2. The lowest BCUT2D eigenvalue weighted by Gasteiger charge is -2.15. The van der Waals surface area contributed by atoms with Gasteiger partial charge in [0.15, 0.2) is 0 Å². The molecule has 3 N–H and O–H groups in total. The van der Waals surface area contributed by atoms with Gasteiger partial charge in [-0.15, -0.1) is 24.8 Å². The third-order valence-corrected chi connectivity index (χ3v) is 3.46. The molecule has 0 aromatic heterocycles. The van der Waals surface area contributed by atoms with Crippen molar-refractivity contribution in [2.75, 3.05) is 19.6 Å². The second-order valence-electron chi connectivity index (χ2n) is 5.12. The van der Waals surface area contributed by atoms with Gasteiger partial charge in [0.2, 0.25) is 5.91 Å². The Morgan fingerprint density at radius 3 is 2.52 bits per heavy atom. The third-order valence-electron chi connectivity index (χ3n) is 3.46. The number of nitrogens with one attached hydrogen (secondary N) is 1. The monoisotopic (exact) mass is 333 g/mol. The second-order valence-corrected chi connectivity index (χ2v) is 5.12. The molecule has 1 aromatic carbocycles. The number of carbonyl (C=O) groups is 1. The number of rotatable bonds is 6. The predicted octanol–water partition coefficient (Wildman–Crippen LogP) is 2.09. The van der Waals surface area contributed by atoms with Crippen LogP contribution in [-0.2, 0) is 17.9 Å². The summed E-state index contributed by atoms with van der Waals surface area (Å²) in [5.41, 5.74) is 7.83. The number of benzene rings is 1. The normalized spacial score (nSPS) is 14.1. The molecule has 0 bridgehead atoms. The smallest absolute Gasteiger partial charge is 0.221 e. The first kappa shape index (κ1) is 20.2. The maximum atomic E-state index is 11.4. The molecule has 1 amide bonds. The molecule has 4 nitrogen and oxygen atoms in total. The summed E-state index contributed by atoms with van der Waals surface area (Å²) in [5, 5.41) is 2.89. The quantitative estimate of drug-likeness (QED) is 0.838. The van der Waals surface area contributed by atoms with Gasteiger partial charge in [-0.3, -0.25) is 9.69 Å². The lowest BCUT2D eigenvalue weighted by Crippen LogP contribution is -2.25. The van der Waals surface area contributed by atoms with Crippen molar-refractivity contribution in [2.24, 2.45) is 5.73 Å². The molecule has 0 radical (unpaired) electrons. The number of nitrogens with two attached hydrogens (primary N) is 1. The first-order valence-electron chi connectivity index (χ1n) is 7.05. The molecule has 1 aliphatic rings. The van der Waals surface area contributed by atoms with Crippen LogP contribution in [0.25, 0.3) is 0 Å². The Bertz CT molecular complexity index is 423. The highest BCUT2D eigenvalue weighted by atomic mass is 35.5. The molecule has 1 saturated heterocycles. The van der Waals surface area contributed by atoms with Crippen LogP contribution in [0.15, 0.2) is 24.3 Å². The van der Waals surface area contributed by atoms with E-state index in [0.29, 0.717) is 19.5 Å². The van der Waals surface area contributed by atoms with Gasteiger partial charge in [-0.25, -0.2) is 0 Å². The fraction of sp³-hybridized carbons (Fsp3) is 0.533. The molecule has 21 heavy (non-hydrogen) atoms. The third kappa shape index (κ3) is 7.14. The van der Waals surface area contributed by atoms with Crippen LogP contribution >= 0.6 is 24.8 Å². The first-order chi connectivity index (χ1) is 9.28. The second kappa shape index (κ2) is 10.9. The zero-order chi connectivity index (χ0) is 13.5. The Morgan fingerprint density at radius 1 is 1.19 bits per heavy atom. The summed E-state index contributed by atoms with van der Waals surface area (Å²) >= 11 is 0.